The van der Waals surface area contributed by atoms with Gasteiger partial charge in [-0.15, -0.1) is 12.4 Å². The molecular weight excluding hydrogens is 2330 g/mol. The van der Waals surface area contributed by atoms with E-state index in [-0.39, 0.29) is 182 Å². The van der Waals surface area contributed by atoms with Crippen LogP contribution in [0.1, 0.15) is 137 Å². The summed E-state index contributed by atoms with van der Waals surface area (Å²) in [4.78, 5) is 203. The van der Waals surface area contributed by atoms with E-state index in [1.54, 1.807) is 147 Å². The molecule has 0 radical (unpaired) electrons. The van der Waals surface area contributed by atoms with Gasteiger partial charge in [-0.2, -0.15) is 26.3 Å². The van der Waals surface area contributed by atoms with Crippen molar-refractivity contribution in [3.63, 3.8) is 0 Å². The quantitative estimate of drug-likeness (QED) is 0.00585. The van der Waals surface area contributed by atoms with Gasteiger partial charge >= 0.3 is 83.7 Å². The molecule has 150 heavy (non-hydrogen) atoms. The van der Waals surface area contributed by atoms with Crippen molar-refractivity contribution in [3.05, 3.63) is 25.3 Å². The summed E-state index contributed by atoms with van der Waals surface area (Å²) < 4.78 is 117. The standard InChI is InChI=1S/2C13H24N2O4.C10H17Br2NO3.C10H17NO3.2C9H16N2O4.C7H15NO2.C6H15N.C4H8O.C3H3ClO.C3H9NO.2C2HF3O.CH2O3.Br2.ClH.Na/c2*1-13(2,3)19-11(16)9-14(4)12(17)10-8-15(10)6-7-18-5;1-10(2,3)16-8(14)6-13(4)9(15)7(12)5-11;1-6-8(12)11(5)7-9(13)14-10(2,3)4;2*1-10(6-8(12)13)9(14)7-5-11(7)3-4-15-2;1-7(2,3)10-6(9)5-8-4;1-4-7(5-2)6-3;1-2-4-5-3-1;1-2-3(4)5;1-5-3-2-4;2*3-2(4,5)1-6;2-1-4-3;1-2;;/h2*10H,6-9H2,1-5H3;7H,5-6H2,1-4H3;6H,1,7H2,2-5H3;2*7H,3-6H2,1-2H3,(H,12,13);8H,5H2,1-4H3;4-6H2,1-3H3;1-4H2;2H,1H2;2-4H2,1H3;2*1H;1,3H;;1H;/q;;;;;;;;;;;;;;;;+1/p-1/t2*10-,15?;;;2*7-,11?;;;;;;;;;;;/m10..10.........../s1. The van der Waals surface area contributed by atoms with E-state index in [0.717, 1.165) is 51.5 Å². The van der Waals surface area contributed by atoms with Crippen molar-refractivity contribution in [3.8, 4) is 0 Å². The number of carboxylic acid groups (broad SMARTS) is 2. The zero-order valence-electron chi connectivity index (χ0n) is 92.9. The first-order chi connectivity index (χ1) is 68.0. The molecular formula is C92H168Br4Cl2F6N13NaO32. The van der Waals surface area contributed by atoms with Gasteiger partial charge in [0, 0.05) is 184 Å². The molecule has 5 rings (SSSR count). The second kappa shape index (κ2) is 96.0. The van der Waals surface area contributed by atoms with E-state index in [2.05, 4.69) is 114 Å². The summed E-state index contributed by atoms with van der Waals surface area (Å²) in [5.74, 6) is -4.57. The summed E-state index contributed by atoms with van der Waals surface area (Å²) in [6, 6.07) is -0.515. The Labute approximate surface area is 946 Å². The Morgan fingerprint density at radius 2 is 0.693 bits per heavy atom. The number of carbonyl (C=O) groups is 17. The minimum Gasteiger partial charge on any atom is -0.662 e. The van der Waals surface area contributed by atoms with Gasteiger partial charge in [0.15, 0.2) is 0 Å². The van der Waals surface area contributed by atoms with E-state index < -0.39 is 76.4 Å². The summed E-state index contributed by atoms with van der Waals surface area (Å²) in [7, 11) is 19.2. The second-order valence-electron chi connectivity index (χ2n) is 36.0. The van der Waals surface area contributed by atoms with E-state index in [9.17, 15) is 93.5 Å². The van der Waals surface area contributed by atoms with Crippen LogP contribution in [-0.2, 0) is 139 Å². The average Bonchev–Trinajstić information content (AvgIpc) is 1.68. The van der Waals surface area contributed by atoms with E-state index in [1.165, 1.54) is 83.0 Å². The Balaban J connectivity index is -0.000000140. The van der Waals surface area contributed by atoms with E-state index in [1.807, 2.05) is 40.4 Å². The molecule has 5 aliphatic rings. The predicted molar refractivity (Wildman–Crippen MR) is 562 cm³/mol. The van der Waals surface area contributed by atoms with Crippen LogP contribution in [0.4, 0.5) is 26.3 Å². The monoisotopic (exact) mass is 2490 g/mol. The van der Waals surface area contributed by atoms with Gasteiger partial charge in [0.2, 0.25) is 53.3 Å². The number of esters is 5. The van der Waals surface area contributed by atoms with Crippen LogP contribution in [0.15, 0.2) is 25.3 Å². The van der Waals surface area contributed by atoms with Crippen LogP contribution in [0.3, 0.4) is 0 Å². The Hall–Kier alpha value is -6.41. The van der Waals surface area contributed by atoms with Crippen molar-refractivity contribution in [1.29, 1.82) is 0 Å². The van der Waals surface area contributed by atoms with Crippen LogP contribution >= 0.6 is 84.1 Å². The summed E-state index contributed by atoms with van der Waals surface area (Å²) >= 11 is 16.6. The summed E-state index contributed by atoms with van der Waals surface area (Å²) in [6.45, 7) is 54.6. The first-order valence-corrected chi connectivity index (χ1v) is 51.8. The van der Waals surface area contributed by atoms with E-state index in [4.69, 9.17) is 94.6 Å². The van der Waals surface area contributed by atoms with Crippen LogP contribution in [0.25, 0.3) is 0 Å². The number of nitrogens with zero attached hydrogens (tertiary/aromatic N) is 11. The van der Waals surface area contributed by atoms with Gasteiger partial charge in [-0.25, -0.2) is 0 Å². The van der Waals surface area contributed by atoms with Crippen molar-refractivity contribution in [2.45, 2.75) is 207 Å². The molecule has 5 saturated heterocycles. The number of hydrogen-bond donors (Lipinski definition) is 4. The molecule has 0 aromatic heterocycles. The molecule has 0 saturated carbocycles. The predicted octanol–water partition coefficient (Wildman–Crippen LogP) is 3.14. The molecule has 5 unspecified atom stereocenters. The number of nitrogens with one attached hydrogen (secondary N) is 1. The molecule has 5 fully saturated rings. The van der Waals surface area contributed by atoms with Gasteiger partial charge in [0.05, 0.1) is 39.6 Å². The zero-order chi connectivity index (χ0) is 118. The molecule has 45 nitrogen and oxygen atoms in total. The Bertz CT molecular complexity index is 3590. The number of rotatable bonds is 40. The Morgan fingerprint density at radius 3 is 0.847 bits per heavy atom. The van der Waals surface area contributed by atoms with E-state index in [0.29, 0.717) is 71.1 Å². The number of likely N-dealkylation sites (N-methyl/N-ethyl adjacent to an activating group) is 7. The molecule has 0 aliphatic carbocycles. The van der Waals surface area contributed by atoms with Crippen LogP contribution in [0, 0.1) is 0 Å². The molecule has 5 N–H and O–H groups in total. The van der Waals surface area contributed by atoms with Crippen molar-refractivity contribution in [2.24, 2.45) is 5.73 Å². The number of aliphatic carboxylic acids is 2. The van der Waals surface area contributed by atoms with Gasteiger partial charge in [0.1, 0.15) is 96.3 Å². The van der Waals surface area contributed by atoms with Crippen LogP contribution in [0.2, 0.25) is 0 Å². The largest absolute Gasteiger partial charge is 1.00 e. The fourth-order valence-corrected chi connectivity index (χ4v) is 10.5. The number of allylic oxidation sites excluding steroid dienone is 1. The molecule has 6 amide bonds. The van der Waals surface area contributed by atoms with Gasteiger partial charge < -0.3 is 118 Å². The number of ether oxygens (including phenoxy) is 11. The fourth-order valence-electron chi connectivity index (χ4n) is 9.90. The van der Waals surface area contributed by atoms with Crippen molar-refractivity contribution in [2.75, 3.05) is 261 Å². The molecule has 0 bridgehead atoms. The third-order valence-electron chi connectivity index (χ3n) is 16.8. The van der Waals surface area contributed by atoms with Crippen molar-refractivity contribution < 1.29 is 210 Å². The third-order valence-corrected chi connectivity index (χ3v) is 19.1. The SMILES string of the molecule is BrBr.C1CCOC1.C=CC(=O)Cl.C=CC(=O)N(C)CC(=O)OC(C)(C)C.CCN(CC)CC.CN(CC(=O)OC(C)(C)C)C(=O)C(Br)CBr.CNCC(=O)OC(C)(C)C.COCCN.COCCN1C[C@@H]1C(=O)N(C)CC(=O)O.COCCN1C[C@@H]1C(=O)N(C)CC(=O)OC(C)(C)C.COCCN1C[C@H]1C(=O)N(C)CC(=O)O.COCCN1C[C@H]1C(=O)N(C)CC(=O)OC(C)(C)C.Cl.O=CC(F)(F)F.O=CC(F)(F)F.O=CO[O-].[Na+]. The Kier molecular flexibility index (Phi) is 108. The molecule has 5 heterocycles. The number of carbonyl (C=O) groups excluding carboxylic acids is 15. The van der Waals surface area contributed by atoms with E-state index >= 15 is 0 Å². The maximum Gasteiger partial charge on any atom is 1.00 e. The summed E-state index contributed by atoms with van der Waals surface area (Å²) in [6.07, 6.45) is -6.65. The summed E-state index contributed by atoms with van der Waals surface area (Å²) in [5.41, 5.74) is 2.56. The number of methoxy groups -OCH3 is 5. The topological polar surface area (TPSA) is 537 Å². The Morgan fingerprint density at radius 1 is 0.467 bits per heavy atom. The first-order valence-electron chi connectivity index (χ1n) is 45.7. The molecule has 58 heteroatoms. The fraction of sp³-hybridized carbons (Fsp3) is 0.772. The van der Waals surface area contributed by atoms with Crippen molar-refractivity contribution in [1.82, 2.24) is 59.2 Å². The second-order valence-corrected chi connectivity index (χ2v) is 38.1. The third kappa shape index (κ3) is 116. The van der Waals surface area contributed by atoms with Gasteiger partial charge in [0.25, 0.3) is 6.47 Å². The van der Waals surface area contributed by atoms with Gasteiger partial charge in [-0.1, -0.05) is 65.8 Å². The van der Waals surface area contributed by atoms with Crippen LogP contribution in [0.5, 0.6) is 0 Å². The maximum atomic E-state index is 12.0. The minimum absolute atomic E-state index is 0. The molecule has 878 valence electrons. The zero-order valence-corrected chi connectivity index (χ0v) is 103. The maximum absolute atomic E-state index is 12.0. The number of aldehydes is 2. The number of hydrogen-bond acceptors (Lipinski definition) is 37. The van der Waals surface area contributed by atoms with Gasteiger partial charge in [-0.05, 0) is 167 Å². The summed E-state index contributed by atoms with van der Waals surface area (Å²) in [5, 5.41) is 28.2. The first kappa shape index (κ1) is 169. The number of nitrogens with two attached hydrogens (primary N) is 1. The molecule has 0 spiro atoms. The molecule has 0 aromatic rings. The smallest absolute Gasteiger partial charge is 0.662 e. The van der Waals surface area contributed by atoms with Crippen LogP contribution < -0.4 is 45.9 Å². The molecule has 9 atom stereocenters. The molecule has 0 aromatic carbocycles. The van der Waals surface area contributed by atoms with Crippen LogP contribution in [-0.4, -0.2) is 496 Å². The average molecular weight is 2500 g/mol. The number of carboxylic acids is 2. The molecule has 5 aliphatic heterocycles. The minimum atomic E-state index is -4.64. The number of halogens is 12. The van der Waals surface area contributed by atoms with Crippen molar-refractivity contribution >= 4 is 186 Å². The number of amides is 6. The normalized spacial score (nSPS) is 16.3. The number of alkyl halides is 8. The van der Waals surface area contributed by atoms with Gasteiger partial charge in [-0.3, -0.25) is 101 Å².